The number of nitrogens with zero attached hydrogens (tertiary/aromatic N) is 1. The molecule has 0 bridgehead atoms. The Kier molecular flexibility index (Phi) is 3.66. The molecule has 2 atom stereocenters. The van der Waals surface area contributed by atoms with Crippen LogP contribution in [-0.2, 0) is 13.1 Å². The van der Waals surface area contributed by atoms with Crippen molar-refractivity contribution < 1.29 is 4.42 Å². The maximum Gasteiger partial charge on any atom is 0.121 e. The molecular weight excluding hydrogens is 200 g/mol. The van der Waals surface area contributed by atoms with Crippen molar-refractivity contribution in [2.45, 2.75) is 33.4 Å². The van der Waals surface area contributed by atoms with E-state index in [9.17, 15) is 0 Å². The van der Waals surface area contributed by atoms with Crippen molar-refractivity contribution in [1.82, 2.24) is 4.90 Å². The maximum absolute atomic E-state index is 5.64. The van der Waals surface area contributed by atoms with Gasteiger partial charge in [-0.3, -0.25) is 4.90 Å². The minimum absolute atomic E-state index is 0.502. The second kappa shape index (κ2) is 5.02. The Balaban J connectivity index is 1.95. The third-order valence-electron chi connectivity index (χ3n) is 3.84. The fraction of sp³-hybridized carbons (Fsp3) is 0.692. The third-order valence-corrected chi connectivity index (χ3v) is 3.84. The van der Waals surface area contributed by atoms with Crippen molar-refractivity contribution in [2.24, 2.45) is 17.6 Å². The van der Waals surface area contributed by atoms with Gasteiger partial charge in [-0.15, -0.1) is 0 Å². The van der Waals surface area contributed by atoms with E-state index >= 15 is 0 Å². The van der Waals surface area contributed by atoms with Crippen LogP contribution in [-0.4, -0.2) is 18.0 Å². The number of hydrogen-bond acceptors (Lipinski definition) is 3. The minimum atomic E-state index is 0.502. The highest BCUT2D eigenvalue weighted by molar-refractivity contribution is 5.16. The molecule has 2 heterocycles. The number of rotatable bonds is 3. The average Bonchev–Trinajstić information content (AvgIpc) is 2.71. The zero-order valence-electron chi connectivity index (χ0n) is 10.3. The molecule has 0 spiro atoms. The maximum atomic E-state index is 5.64. The summed E-state index contributed by atoms with van der Waals surface area (Å²) in [6.07, 6.45) is 3.05. The number of piperidine rings is 1. The number of likely N-dealkylation sites (tertiary alicyclic amines) is 1. The van der Waals surface area contributed by atoms with E-state index in [4.69, 9.17) is 10.2 Å². The summed E-state index contributed by atoms with van der Waals surface area (Å²) < 4.78 is 5.35. The molecule has 90 valence electrons. The van der Waals surface area contributed by atoms with Crippen molar-refractivity contribution in [2.75, 3.05) is 13.1 Å². The van der Waals surface area contributed by atoms with E-state index in [1.54, 1.807) is 6.26 Å². The molecule has 0 radical (unpaired) electrons. The average molecular weight is 222 g/mol. The minimum Gasteiger partial charge on any atom is -0.468 e. The second-order valence-corrected chi connectivity index (χ2v) is 5.05. The molecule has 1 aromatic heterocycles. The van der Waals surface area contributed by atoms with E-state index in [0.717, 1.165) is 24.1 Å². The summed E-state index contributed by atoms with van der Waals surface area (Å²) in [6.45, 7) is 8.57. The molecule has 0 aromatic carbocycles. The zero-order chi connectivity index (χ0) is 11.5. The van der Waals surface area contributed by atoms with Crippen LogP contribution in [0.25, 0.3) is 0 Å². The van der Waals surface area contributed by atoms with E-state index in [-0.39, 0.29) is 0 Å². The quantitative estimate of drug-likeness (QED) is 0.852. The first kappa shape index (κ1) is 11.7. The number of nitrogens with two attached hydrogens (primary N) is 1. The van der Waals surface area contributed by atoms with Crippen LogP contribution in [0.1, 0.15) is 31.6 Å². The van der Waals surface area contributed by atoms with Gasteiger partial charge in [0, 0.05) is 18.7 Å². The van der Waals surface area contributed by atoms with E-state index in [0.29, 0.717) is 6.54 Å². The zero-order valence-corrected chi connectivity index (χ0v) is 10.3. The van der Waals surface area contributed by atoms with Gasteiger partial charge in [-0.05, 0) is 30.9 Å². The van der Waals surface area contributed by atoms with Crippen molar-refractivity contribution in [3.8, 4) is 0 Å². The van der Waals surface area contributed by atoms with Crippen LogP contribution < -0.4 is 5.73 Å². The summed E-state index contributed by atoms with van der Waals surface area (Å²) in [7, 11) is 0. The molecule has 2 rings (SSSR count). The van der Waals surface area contributed by atoms with Crippen molar-refractivity contribution >= 4 is 0 Å². The molecule has 2 unspecified atom stereocenters. The van der Waals surface area contributed by atoms with Crippen LogP contribution >= 0.6 is 0 Å². The van der Waals surface area contributed by atoms with E-state index in [1.807, 2.05) is 6.07 Å². The highest BCUT2D eigenvalue weighted by atomic mass is 16.3. The predicted molar refractivity (Wildman–Crippen MR) is 64.8 cm³/mol. The van der Waals surface area contributed by atoms with E-state index in [1.165, 1.54) is 25.1 Å². The molecule has 3 heteroatoms. The molecule has 16 heavy (non-hydrogen) atoms. The largest absolute Gasteiger partial charge is 0.468 e. The fourth-order valence-electron chi connectivity index (χ4n) is 2.42. The summed E-state index contributed by atoms with van der Waals surface area (Å²) in [4.78, 5) is 2.51. The molecule has 1 aliphatic rings. The molecule has 2 N–H and O–H groups in total. The van der Waals surface area contributed by atoms with Gasteiger partial charge in [0.1, 0.15) is 5.76 Å². The van der Waals surface area contributed by atoms with Gasteiger partial charge >= 0.3 is 0 Å². The number of furan rings is 1. The first-order chi connectivity index (χ1) is 7.70. The summed E-state index contributed by atoms with van der Waals surface area (Å²) in [6, 6.07) is 2.05. The van der Waals surface area contributed by atoms with Gasteiger partial charge in [0.2, 0.25) is 0 Å². The second-order valence-electron chi connectivity index (χ2n) is 5.05. The van der Waals surface area contributed by atoms with Gasteiger partial charge < -0.3 is 10.2 Å². The molecule has 1 aliphatic heterocycles. The molecular formula is C13H22N2O. The third kappa shape index (κ3) is 2.47. The van der Waals surface area contributed by atoms with Gasteiger partial charge in [0.25, 0.3) is 0 Å². The normalized spacial score (nSPS) is 27.2. The van der Waals surface area contributed by atoms with Gasteiger partial charge in [-0.25, -0.2) is 0 Å². The van der Waals surface area contributed by atoms with Crippen molar-refractivity contribution in [1.29, 1.82) is 0 Å². The Bertz CT molecular complexity index is 334. The summed E-state index contributed by atoms with van der Waals surface area (Å²) >= 11 is 0. The van der Waals surface area contributed by atoms with Crippen LogP contribution in [0, 0.1) is 11.8 Å². The van der Waals surface area contributed by atoms with Crippen molar-refractivity contribution in [3.05, 3.63) is 23.7 Å². The lowest BCUT2D eigenvalue weighted by molar-refractivity contribution is 0.131. The Morgan fingerprint density at radius 2 is 2.25 bits per heavy atom. The lowest BCUT2D eigenvalue weighted by atomic mass is 9.88. The molecule has 0 saturated carbocycles. The van der Waals surface area contributed by atoms with E-state index < -0.39 is 0 Å². The predicted octanol–water partition coefficient (Wildman–Crippen LogP) is 2.22. The SMILES string of the molecule is CC1CCN(Cc2ccoc2CN)CC1C. The van der Waals surface area contributed by atoms with Crippen LogP contribution in [0.5, 0.6) is 0 Å². The Morgan fingerprint density at radius 1 is 1.44 bits per heavy atom. The molecule has 0 aliphatic carbocycles. The standard InChI is InChI=1S/C13H22N2O/c1-10-3-5-15(8-11(10)2)9-12-4-6-16-13(12)7-14/h4,6,10-11H,3,5,7-9,14H2,1-2H3. The van der Waals surface area contributed by atoms with Gasteiger partial charge in [0.05, 0.1) is 12.8 Å². The Labute approximate surface area is 97.6 Å². The van der Waals surface area contributed by atoms with Crippen molar-refractivity contribution in [3.63, 3.8) is 0 Å². The molecule has 1 aromatic rings. The van der Waals surface area contributed by atoms with Crippen LogP contribution in [0.2, 0.25) is 0 Å². The molecule has 1 fully saturated rings. The van der Waals surface area contributed by atoms with Crippen LogP contribution in [0.3, 0.4) is 0 Å². The highest BCUT2D eigenvalue weighted by Crippen LogP contribution is 2.24. The first-order valence-electron chi connectivity index (χ1n) is 6.18. The Morgan fingerprint density at radius 3 is 2.94 bits per heavy atom. The number of hydrogen-bond donors (Lipinski definition) is 1. The van der Waals surface area contributed by atoms with Gasteiger partial charge in [0.15, 0.2) is 0 Å². The lowest BCUT2D eigenvalue weighted by Crippen LogP contribution is -2.37. The molecule has 0 amide bonds. The monoisotopic (exact) mass is 222 g/mol. The van der Waals surface area contributed by atoms with Gasteiger partial charge in [-0.2, -0.15) is 0 Å². The van der Waals surface area contributed by atoms with Gasteiger partial charge in [-0.1, -0.05) is 13.8 Å². The molecule has 3 nitrogen and oxygen atoms in total. The molecule has 1 saturated heterocycles. The van der Waals surface area contributed by atoms with Crippen LogP contribution in [0.15, 0.2) is 16.7 Å². The smallest absolute Gasteiger partial charge is 0.121 e. The van der Waals surface area contributed by atoms with E-state index in [2.05, 4.69) is 18.7 Å². The summed E-state index contributed by atoms with van der Waals surface area (Å²) in [5.41, 5.74) is 6.89. The summed E-state index contributed by atoms with van der Waals surface area (Å²) in [5, 5.41) is 0. The van der Waals surface area contributed by atoms with Crippen LogP contribution in [0.4, 0.5) is 0 Å². The summed E-state index contributed by atoms with van der Waals surface area (Å²) in [5.74, 6) is 2.59. The topological polar surface area (TPSA) is 42.4 Å². The Hall–Kier alpha value is -0.800. The lowest BCUT2D eigenvalue weighted by Gasteiger charge is -2.35. The highest BCUT2D eigenvalue weighted by Gasteiger charge is 2.23. The first-order valence-corrected chi connectivity index (χ1v) is 6.18. The fourth-order valence-corrected chi connectivity index (χ4v) is 2.42.